The summed E-state index contributed by atoms with van der Waals surface area (Å²) < 4.78 is 0. The molecule has 1 aliphatic rings. The van der Waals surface area contributed by atoms with Gasteiger partial charge in [-0.1, -0.05) is 67.6 Å². The number of hydrogen-bond donors (Lipinski definition) is 0. The second kappa shape index (κ2) is 3.48. The zero-order valence-electron chi connectivity index (χ0n) is 9.56. The van der Waals surface area contributed by atoms with E-state index in [9.17, 15) is 0 Å². The third-order valence-electron chi connectivity index (χ3n) is 3.87. The number of hydrogen-bond acceptors (Lipinski definition) is 0. The molecular formula is C16H16. The van der Waals surface area contributed by atoms with Gasteiger partial charge >= 0.3 is 0 Å². The molecule has 0 saturated heterocycles. The molecule has 0 aliphatic heterocycles. The molecular weight excluding hydrogens is 192 g/mol. The van der Waals surface area contributed by atoms with E-state index in [1.807, 2.05) is 0 Å². The van der Waals surface area contributed by atoms with Crippen LogP contribution in [0.4, 0.5) is 0 Å². The van der Waals surface area contributed by atoms with Crippen LogP contribution in [0.25, 0.3) is 0 Å². The SMILES string of the molecule is C[C@]1(c2ccccc2)C[C@@H]1c1ccccc1. The summed E-state index contributed by atoms with van der Waals surface area (Å²) in [6.07, 6.45) is 1.28. The predicted octanol–water partition coefficient (Wildman–Crippen LogP) is 4.13. The van der Waals surface area contributed by atoms with E-state index in [0.717, 1.165) is 0 Å². The minimum Gasteiger partial charge on any atom is -0.0622 e. The van der Waals surface area contributed by atoms with Crippen LogP contribution in [0.15, 0.2) is 60.7 Å². The Kier molecular flexibility index (Phi) is 2.10. The first-order valence-electron chi connectivity index (χ1n) is 5.91. The van der Waals surface area contributed by atoms with Gasteiger partial charge in [-0.3, -0.25) is 0 Å². The summed E-state index contributed by atoms with van der Waals surface area (Å²) in [5, 5.41) is 0. The van der Waals surface area contributed by atoms with Crippen molar-refractivity contribution in [2.75, 3.05) is 0 Å². The van der Waals surface area contributed by atoms with Crippen molar-refractivity contribution in [1.82, 2.24) is 0 Å². The Hall–Kier alpha value is -1.56. The van der Waals surface area contributed by atoms with Crippen molar-refractivity contribution in [3.05, 3.63) is 71.8 Å². The van der Waals surface area contributed by atoms with Crippen molar-refractivity contribution in [3.63, 3.8) is 0 Å². The van der Waals surface area contributed by atoms with Gasteiger partial charge in [0.05, 0.1) is 0 Å². The van der Waals surface area contributed by atoms with Gasteiger partial charge in [0.25, 0.3) is 0 Å². The Morgan fingerprint density at radius 2 is 1.44 bits per heavy atom. The third kappa shape index (κ3) is 1.46. The summed E-state index contributed by atoms with van der Waals surface area (Å²) in [4.78, 5) is 0. The van der Waals surface area contributed by atoms with Gasteiger partial charge in [0, 0.05) is 0 Å². The first kappa shape index (κ1) is 9.65. The standard InChI is InChI=1S/C16H16/c1-16(14-10-6-3-7-11-14)12-15(16)13-8-4-2-5-9-13/h2-11,15H,12H2,1H3/t15-,16-/m1/s1. The molecule has 0 heterocycles. The maximum Gasteiger partial charge on any atom is -0.0000207 e. The van der Waals surface area contributed by atoms with Crippen molar-refractivity contribution in [2.24, 2.45) is 0 Å². The van der Waals surface area contributed by atoms with Crippen molar-refractivity contribution in [3.8, 4) is 0 Å². The molecule has 1 saturated carbocycles. The van der Waals surface area contributed by atoms with Gasteiger partial charge < -0.3 is 0 Å². The quantitative estimate of drug-likeness (QED) is 0.696. The highest BCUT2D eigenvalue weighted by atomic mass is 14.5. The molecule has 0 amide bonds. The minimum atomic E-state index is 0.364. The Labute approximate surface area is 96.9 Å². The second-order valence-electron chi connectivity index (χ2n) is 4.95. The van der Waals surface area contributed by atoms with E-state index < -0.39 is 0 Å². The first-order valence-corrected chi connectivity index (χ1v) is 5.91. The van der Waals surface area contributed by atoms with Crippen molar-refractivity contribution in [1.29, 1.82) is 0 Å². The molecule has 0 aromatic heterocycles. The molecule has 16 heavy (non-hydrogen) atoms. The summed E-state index contributed by atoms with van der Waals surface area (Å²) in [6, 6.07) is 21.7. The summed E-state index contributed by atoms with van der Waals surface area (Å²) in [5.74, 6) is 0.705. The summed E-state index contributed by atoms with van der Waals surface area (Å²) in [6.45, 7) is 2.38. The normalized spacial score (nSPS) is 27.7. The Balaban J connectivity index is 1.90. The zero-order chi connectivity index (χ0) is 11.0. The van der Waals surface area contributed by atoms with Gasteiger partial charge in [-0.2, -0.15) is 0 Å². The smallest absolute Gasteiger partial charge is 0.0000207 e. The lowest BCUT2D eigenvalue weighted by molar-refractivity contribution is 0.749. The highest BCUT2D eigenvalue weighted by Gasteiger charge is 2.51. The zero-order valence-corrected chi connectivity index (χ0v) is 9.56. The molecule has 1 aliphatic carbocycles. The minimum absolute atomic E-state index is 0.364. The van der Waals surface area contributed by atoms with E-state index in [1.165, 1.54) is 17.5 Å². The molecule has 80 valence electrons. The fourth-order valence-electron chi connectivity index (χ4n) is 2.67. The van der Waals surface area contributed by atoms with Crippen LogP contribution in [0.3, 0.4) is 0 Å². The molecule has 3 rings (SSSR count). The van der Waals surface area contributed by atoms with Crippen LogP contribution in [-0.4, -0.2) is 0 Å². The van der Waals surface area contributed by atoms with Crippen LogP contribution in [0.2, 0.25) is 0 Å². The Morgan fingerprint density at radius 3 is 2.06 bits per heavy atom. The average Bonchev–Trinajstić information content (AvgIpc) is 3.06. The van der Waals surface area contributed by atoms with E-state index in [4.69, 9.17) is 0 Å². The Morgan fingerprint density at radius 1 is 0.875 bits per heavy atom. The molecule has 0 nitrogen and oxygen atoms in total. The molecule has 0 heteroatoms. The molecule has 0 radical (unpaired) electrons. The van der Waals surface area contributed by atoms with Crippen LogP contribution in [0.5, 0.6) is 0 Å². The average molecular weight is 208 g/mol. The molecule has 2 aromatic rings. The monoisotopic (exact) mass is 208 g/mol. The lowest BCUT2D eigenvalue weighted by Crippen LogP contribution is -2.03. The second-order valence-corrected chi connectivity index (χ2v) is 4.95. The molecule has 0 spiro atoms. The fraction of sp³-hybridized carbons (Fsp3) is 0.250. The van der Waals surface area contributed by atoms with E-state index >= 15 is 0 Å². The van der Waals surface area contributed by atoms with Gasteiger partial charge in [-0.25, -0.2) is 0 Å². The summed E-state index contributed by atoms with van der Waals surface area (Å²) >= 11 is 0. The molecule has 2 atom stereocenters. The maximum absolute atomic E-state index is 2.38. The molecule has 0 N–H and O–H groups in total. The van der Waals surface area contributed by atoms with E-state index in [0.29, 0.717) is 11.3 Å². The predicted molar refractivity (Wildman–Crippen MR) is 67.6 cm³/mol. The number of benzene rings is 2. The van der Waals surface area contributed by atoms with Crippen LogP contribution in [0.1, 0.15) is 30.4 Å². The lowest BCUT2D eigenvalue weighted by atomic mass is 9.93. The third-order valence-corrected chi connectivity index (χ3v) is 3.87. The molecule has 2 aromatic carbocycles. The highest BCUT2D eigenvalue weighted by Crippen LogP contribution is 2.59. The summed E-state index contributed by atoms with van der Waals surface area (Å²) in [7, 11) is 0. The van der Waals surface area contributed by atoms with Crippen molar-refractivity contribution < 1.29 is 0 Å². The lowest BCUT2D eigenvalue weighted by Gasteiger charge is -2.11. The molecule has 1 fully saturated rings. The van der Waals surface area contributed by atoms with E-state index in [2.05, 4.69) is 67.6 Å². The van der Waals surface area contributed by atoms with Crippen LogP contribution < -0.4 is 0 Å². The van der Waals surface area contributed by atoms with E-state index in [1.54, 1.807) is 0 Å². The molecule has 0 unspecified atom stereocenters. The van der Waals surface area contributed by atoms with Gasteiger partial charge in [0.15, 0.2) is 0 Å². The van der Waals surface area contributed by atoms with Crippen LogP contribution in [-0.2, 0) is 5.41 Å². The topological polar surface area (TPSA) is 0 Å². The van der Waals surface area contributed by atoms with Crippen molar-refractivity contribution >= 4 is 0 Å². The number of rotatable bonds is 2. The maximum atomic E-state index is 2.38. The van der Waals surface area contributed by atoms with Gasteiger partial charge in [-0.15, -0.1) is 0 Å². The Bertz CT molecular complexity index is 472. The van der Waals surface area contributed by atoms with Crippen LogP contribution >= 0.6 is 0 Å². The van der Waals surface area contributed by atoms with Gasteiger partial charge in [0.2, 0.25) is 0 Å². The summed E-state index contributed by atoms with van der Waals surface area (Å²) in [5.41, 5.74) is 3.32. The first-order chi connectivity index (χ1) is 7.81. The van der Waals surface area contributed by atoms with Crippen molar-refractivity contribution in [2.45, 2.75) is 24.7 Å². The fourth-order valence-corrected chi connectivity index (χ4v) is 2.67. The highest BCUT2D eigenvalue weighted by molar-refractivity contribution is 5.41. The van der Waals surface area contributed by atoms with Gasteiger partial charge in [0.1, 0.15) is 0 Å². The largest absolute Gasteiger partial charge is 0.0622 e. The van der Waals surface area contributed by atoms with Gasteiger partial charge in [-0.05, 0) is 28.9 Å². The molecule has 0 bridgehead atoms. The van der Waals surface area contributed by atoms with E-state index in [-0.39, 0.29) is 0 Å². The van der Waals surface area contributed by atoms with Crippen LogP contribution in [0, 0.1) is 0 Å².